The maximum atomic E-state index is 3.74. The number of benzene rings is 2. The first-order chi connectivity index (χ1) is 11.2. The molecule has 0 aliphatic heterocycles. The zero-order valence-electron chi connectivity index (χ0n) is 16.7. The van der Waals surface area contributed by atoms with Gasteiger partial charge in [-0.2, -0.15) is 0 Å². The van der Waals surface area contributed by atoms with Crippen LogP contribution in [-0.2, 0) is 0 Å². The summed E-state index contributed by atoms with van der Waals surface area (Å²) in [5, 5.41) is 0. The van der Waals surface area contributed by atoms with Crippen LogP contribution in [0, 0.1) is 6.07 Å². The molecule has 0 atom stereocenters. The van der Waals surface area contributed by atoms with Gasteiger partial charge in [-0.05, 0) is 63.1 Å². The molecule has 0 spiro atoms. The minimum absolute atomic E-state index is 0.471. The normalized spacial score (nSPS) is 12.0. The molecule has 0 amide bonds. The van der Waals surface area contributed by atoms with Gasteiger partial charge in [0.15, 0.2) is 0 Å². The smallest absolute Gasteiger partial charge is 0.0102 e. The minimum Gasteiger partial charge on any atom is -0.0617 e. The van der Waals surface area contributed by atoms with Crippen LogP contribution in [-0.4, -0.2) is 0 Å². The van der Waals surface area contributed by atoms with Gasteiger partial charge in [-0.15, -0.1) is 0 Å². The molecule has 0 heteroatoms. The van der Waals surface area contributed by atoms with Gasteiger partial charge in [-0.25, -0.2) is 0 Å². The minimum atomic E-state index is 0.471. The Morgan fingerprint density at radius 3 is 1.58 bits per heavy atom. The lowest BCUT2D eigenvalue weighted by atomic mass is 9.80. The topological polar surface area (TPSA) is 0 Å². The van der Waals surface area contributed by atoms with E-state index in [0.717, 1.165) is 0 Å². The molecule has 0 bridgehead atoms. The summed E-state index contributed by atoms with van der Waals surface area (Å²) in [6.45, 7) is 18.2. The van der Waals surface area contributed by atoms with Crippen LogP contribution in [0.5, 0.6) is 0 Å². The van der Waals surface area contributed by atoms with Crippen molar-refractivity contribution in [2.75, 3.05) is 0 Å². The molecule has 0 aliphatic rings. The van der Waals surface area contributed by atoms with Crippen molar-refractivity contribution in [2.45, 2.75) is 79.1 Å². The highest BCUT2D eigenvalue weighted by Crippen LogP contribution is 2.40. The van der Waals surface area contributed by atoms with Crippen LogP contribution in [0.1, 0.15) is 101 Å². The molecule has 0 nitrogen and oxygen atoms in total. The molecule has 0 fully saturated rings. The molecule has 0 N–H and O–H groups in total. The molecule has 0 aliphatic carbocycles. The maximum absolute atomic E-state index is 3.74. The molecule has 2 aromatic rings. The van der Waals surface area contributed by atoms with Gasteiger partial charge < -0.3 is 0 Å². The second kappa shape index (κ2) is 7.55. The Balaban J connectivity index is 2.80. The van der Waals surface area contributed by atoms with Gasteiger partial charge in [-0.3, -0.25) is 0 Å². The highest BCUT2D eigenvalue weighted by Gasteiger charge is 2.19. The SMILES string of the molecule is CC(C)c1[c]c(C(C)C)c(-c2c(C(C)C)cccc2C(C)C)cc1. The molecule has 0 unspecified atom stereocenters. The second-order valence-corrected chi connectivity index (χ2v) is 8.17. The van der Waals surface area contributed by atoms with Crippen LogP contribution in [0.4, 0.5) is 0 Å². The van der Waals surface area contributed by atoms with Crippen molar-refractivity contribution in [1.29, 1.82) is 0 Å². The Labute approximate surface area is 149 Å². The van der Waals surface area contributed by atoms with E-state index in [-0.39, 0.29) is 0 Å². The summed E-state index contributed by atoms with van der Waals surface area (Å²) >= 11 is 0. The summed E-state index contributed by atoms with van der Waals surface area (Å²) < 4.78 is 0. The van der Waals surface area contributed by atoms with E-state index in [1.54, 1.807) is 0 Å². The summed E-state index contributed by atoms with van der Waals surface area (Å²) in [4.78, 5) is 0. The highest BCUT2D eigenvalue weighted by atomic mass is 14.2. The Hall–Kier alpha value is -1.56. The second-order valence-electron chi connectivity index (χ2n) is 8.17. The quantitative estimate of drug-likeness (QED) is 0.530. The van der Waals surface area contributed by atoms with E-state index in [0.29, 0.717) is 23.7 Å². The van der Waals surface area contributed by atoms with Gasteiger partial charge in [0.05, 0.1) is 0 Å². The third-order valence-electron chi connectivity index (χ3n) is 4.84. The van der Waals surface area contributed by atoms with Crippen molar-refractivity contribution in [2.24, 2.45) is 0 Å². The Morgan fingerprint density at radius 2 is 1.17 bits per heavy atom. The van der Waals surface area contributed by atoms with Crippen LogP contribution in [0.2, 0.25) is 0 Å². The van der Waals surface area contributed by atoms with E-state index >= 15 is 0 Å². The van der Waals surface area contributed by atoms with E-state index in [2.05, 4.69) is 91.8 Å². The van der Waals surface area contributed by atoms with Gasteiger partial charge in [0, 0.05) is 0 Å². The number of rotatable bonds is 5. The molecular weight excluding hydrogens is 288 g/mol. The average Bonchev–Trinajstić information content (AvgIpc) is 2.53. The monoisotopic (exact) mass is 321 g/mol. The number of hydrogen-bond acceptors (Lipinski definition) is 0. The van der Waals surface area contributed by atoms with Crippen molar-refractivity contribution in [3.05, 3.63) is 58.7 Å². The molecule has 0 saturated heterocycles. The average molecular weight is 322 g/mol. The summed E-state index contributed by atoms with van der Waals surface area (Å²) in [6, 6.07) is 15.2. The van der Waals surface area contributed by atoms with E-state index in [4.69, 9.17) is 0 Å². The largest absolute Gasteiger partial charge is 0.0617 e. The van der Waals surface area contributed by atoms with Gasteiger partial charge in [-0.1, -0.05) is 85.7 Å². The lowest BCUT2D eigenvalue weighted by molar-refractivity contribution is 0.821. The lowest BCUT2D eigenvalue weighted by Crippen LogP contribution is -2.04. The lowest BCUT2D eigenvalue weighted by Gasteiger charge is -2.24. The fourth-order valence-corrected chi connectivity index (χ4v) is 3.40. The standard InChI is InChI=1S/C24H33/c1-15(2)19-12-13-22(23(14-19)18(7)8)24-20(16(3)4)10-9-11-21(24)17(5)6/h9-13,15-18H,1-8H3. The van der Waals surface area contributed by atoms with Gasteiger partial charge >= 0.3 is 0 Å². The number of hydrogen-bond donors (Lipinski definition) is 0. The third kappa shape index (κ3) is 3.74. The zero-order valence-corrected chi connectivity index (χ0v) is 16.7. The first kappa shape index (κ1) is 18.8. The Bertz CT molecular complexity index is 661. The predicted octanol–water partition coefficient (Wildman–Crippen LogP) is 7.65. The van der Waals surface area contributed by atoms with Crippen LogP contribution in [0.15, 0.2) is 30.3 Å². The molecule has 0 saturated carbocycles. The maximum Gasteiger partial charge on any atom is -0.0102 e. The van der Waals surface area contributed by atoms with Crippen molar-refractivity contribution < 1.29 is 0 Å². The van der Waals surface area contributed by atoms with Crippen LogP contribution < -0.4 is 0 Å². The molecule has 2 aromatic carbocycles. The van der Waals surface area contributed by atoms with Crippen molar-refractivity contribution in [1.82, 2.24) is 0 Å². The van der Waals surface area contributed by atoms with Crippen molar-refractivity contribution in [3.8, 4) is 11.1 Å². The molecular formula is C24H33. The van der Waals surface area contributed by atoms with Crippen LogP contribution >= 0.6 is 0 Å². The molecule has 0 heterocycles. The zero-order chi connectivity index (χ0) is 18.0. The fourth-order valence-electron chi connectivity index (χ4n) is 3.40. The highest BCUT2D eigenvalue weighted by molar-refractivity contribution is 5.76. The third-order valence-corrected chi connectivity index (χ3v) is 4.84. The summed E-state index contributed by atoms with van der Waals surface area (Å²) in [5.41, 5.74) is 8.40. The first-order valence-electron chi connectivity index (χ1n) is 9.43. The summed E-state index contributed by atoms with van der Waals surface area (Å²) in [5.74, 6) is 2.02. The first-order valence-corrected chi connectivity index (χ1v) is 9.43. The summed E-state index contributed by atoms with van der Waals surface area (Å²) in [7, 11) is 0. The molecule has 129 valence electrons. The molecule has 24 heavy (non-hydrogen) atoms. The molecule has 1 radical (unpaired) electrons. The fraction of sp³-hybridized carbons (Fsp3) is 0.500. The van der Waals surface area contributed by atoms with E-state index in [1.165, 1.54) is 33.4 Å². The van der Waals surface area contributed by atoms with Gasteiger partial charge in [0.2, 0.25) is 0 Å². The summed E-state index contributed by atoms with van der Waals surface area (Å²) in [6.07, 6.45) is 0. The Morgan fingerprint density at radius 1 is 0.625 bits per heavy atom. The predicted molar refractivity (Wildman–Crippen MR) is 107 cm³/mol. The van der Waals surface area contributed by atoms with Gasteiger partial charge in [0.1, 0.15) is 0 Å². The molecule has 0 aromatic heterocycles. The van der Waals surface area contributed by atoms with Crippen LogP contribution in [0.25, 0.3) is 11.1 Å². The van der Waals surface area contributed by atoms with E-state index in [9.17, 15) is 0 Å². The molecule has 2 rings (SSSR count). The Kier molecular flexibility index (Phi) is 5.91. The van der Waals surface area contributed by atoms with Crippen molar-refractivity contribution in [3.63, 3.8) is 0 Å². The van der Waals surface area contributed by atoms with Gasteiger partial charge in [0.25, 0.3) is 0 Å². The van der Waals surface area contributed by atoms with Crippen molar-refractivity contribution >= 4 is 0 Å². The van der Waals surface area contributed by atoms with E-state index in [1.807, 2.05) is 0 Å². The van der Waals surface area contributed by atoms with Crippen LogP contribution in [0.3, 0.4) is 0 Å². The van der Waals surface area contributed by atoms with E-state index < -0.39 is 0 Å².